The highest BCUT2D eigenvalue weighted by Crippen LogP contribution is 2.18. The Kier molecular flexibility index (Phi) is 4.79. The number of aryl methyl sites for hydroxylation is 1. The van der Waals surface area contributed by atoms with Crippen LogP contribution in [-0.4, -0.2) is 41.6 Å². The predicted octanol–water partition coefficient (Wildman–Crippen LogP) is 1.21. The number of amides is 1. The van der Waals surface area contributed by atoms with Crippen LogP contribution in [0.25, 0.3) is 0 Å². The van der Waals surface area contributed by atoms with Gasteiger partial charge in [-0.2, -0.15) is 5.10 Å². The fraction of sp³-hybridized carbons (Fsp3) is 0.692. The lowest BCUT2D eigenvalue weighted by Gasteiger charge is -2.13. The van der Waals surface area contributed by atoms with Crippen LogP contribution in [0.2, 0.25) is 0 Å². The normalized spacial score (nSPS) is 14.1. The second-order valence-electron chi connectivity index (χ2n) is 4.82. The number of carbonyl (C=O) groups is 1. The number of hydrogen-bond acceptors (Lipinski definition) is 4. The van der Waals surface area contributed by atoms with Gasteiger partial charge in [-0.05, 0) is 20.3 Å². The molecule has 2 heterocycles. The van der Waals surface area contributed by atoms with Crippen molar-refractivity contribution in [2.24, 2.45) is 0 Å². The predicted molar refractivity (Wildman–Crippen MR) is 70.4 cm³/mol. The van der Waals surface area contributed by atoms with Gasteiger partial charge in [0.05, 0.1) is 12.7 Å². The molecule has 1 amide bonds. The van der Waals surface area contributed by atoms with E-state index in [4.69, 9.17) is 9.47 Å². The third-order valence-corrected chi connectivity index (χ3v) is 2.80. The number of rotatable bonds is 6. The highest BCUT2D eigenvalue weighted by molar-refractivity contribution is 5.92. The van der Waals surface area contributed by atoms with Crippen LogP contribution in [0.1, 0.15) is 37.2 Å². The fourth-order valence-corrected chi connectivity index (χ4v) is 1.86. The molecule has 19 heavy (non-hydrogen) atoms. The lowest BCUT2D eigenvalue weighted by Crippen LogP contribution is -2.26. The Bertz CT molecular complexity index is 405. The van der Waals surface area contributed by atoms with Crippen LogP contribution in [0.5, 0.6) is 5.88 Å². The minimum Gasteiger partial charge on any atom is -0.478 e. The monoisotopic (exact) mass is 267 g/mol. The molecule has 6 heteroatoms. The number of hydrogen-bond donors (Lipinski definition) is 1. The van der Waals surface area contributed by atoms with E-state index in [0.29, 0.717) is 31.3 Å². The first-order valence-electron chi connectivity index (χ1n) is 6.77. The van der Waals surface area contributed by atoms with Crippen molar-refractivity contribution in [1.82, 2.24) is 15.1 Å². The number of nitrogens with zero attached hydrogens (tertiary/aromatic N) is 2. The number of aromatic nitrogens is 2. The third kappa shape index (κ3) is 3.96. The molecular weight excluding hydrogens is 246 g/mol. The summed E-state index contributed by atoms with van der Waals surface area (Å²) < 4.78 is 12.6. The molecule has 0 spiro atoms. The molecule has 1 aliphatic rings. The molecule has 0 radical (unpaired) electrons. The van der Waals surface area contributed by atoms with E-state index < -0.39 is 0 Å². The van der Waals surface area contributed by atoms with E-state index in [1.807, 2.05) is 13.8 Å². The Morgan fingerprint density at radius 1 is 1.63 bits per heavy atom. The van der Waals surface area contributed by atoms with Gasteiger partial charge in [0, 0.05) is 32.2 Å². The van der Waals surface area contributed by atoms with Crippen LogP contribution < -0.4 is 10.1 Å². The van der Waals surface area contributed by atoms with Gasteiger partial charge < -0.3 is 14.8 Å². The van der Waals surface area contributed by atoms with Gasteiger partial charge in [0.2, 0.25) is 5.88 Å². The fourth-order valence-electron chi connectivity index (χ4n) is 1.86. The summed E-state index contributed by atoms with van der Waals surface area (Å²) in [7, 11) is 0. The number of carbonyl (C=O) groups excluding carboxylic acids is 1. The van der Waals surface area contributed by atoms with Crippen molar-refractivity contribution >= 4 is 5.91 Å². The van der Waals surface area contributed by atoms with E-state index >= 15 is 0 Å². The SMILES string of the molecule is CC(C)OCCCNC(=O)c1cc2n(n1)CCCO2. The molecule has 2 rings (SSSR count). The summed E-state index contributed by atoms with van der Waals surface area (Å²) in [4.78, 5) is 11.9. The van der Waals surface area contributed by atoms with Gasteiger partial charge in [0.15, 0.2) is 5.69 Å². The largest absolute Gasteiger partial charge is 0.478 e. The lowest BCUT2D eigenvalue weighted by atomic mass is 10.3. The lowest BCUT2D eigenvalue weighted by molar-refractivity contribution is 0.0756. The molecule has 0 unspecified atom stereocenters. The molecule has 0 fully saturated rings. The highest BCUT2D eigenvalue weighted by atomic mass is 16.5. The molecule has 0 bridgehead atoms. The molecule has 6 nitrogen and oxygen atoms in total. The maximum atomic E-state index is 11.9. The molecule has 1 aromatic rings. The van der Waals surface area contributed by atoms with Crippen LogP contribution in [0.15, 0.2) is 6.07 Å². The topological polar surface area (TPSA) is 65.4 Å². The van der Waals surface area contributed by atoms with Gasteiger partial charge in [-0.15, -0.1) is 0 Å². The minimum atomic E-state index is -0.157. The van der Waals surface area contributed by atoms with Crippen molar-refractivity contribution < 1.29 is 14.3 Å². The Morgan fingerprint density at radius 3 is 3.21 bits per heavy atom. The van der Waals surface area contributed by atoms with Gasteiger partial charge >= 0.3 is 0 Å². The van der Waals surface area contributed by atoms with Crippen molar-refractivity contribution in [3.05, 3.63) is 11.8 Å². The Morgan fingerprint density at radius 2 is 2.47 bits per heavy atom. The molecular formula is C13H21N3O3. The molecule has 1 aliphatic heterocycles. The highest BCUT2D eigenvalue weighted by Gasteiger charge is 2.17. The van der Waals surface area contributed by atoms with E-state index in [-0.39, 0.29) is 12.0 Å². The van der Waals surface area contributed by atoms with Crippen LogP contribution in [-0.2, 0) is 11.3 Å². The smallest absolute Gasteiger partial charge is 0.271 e. The zero-order valence-electron chi connectivity index (χ0n) is 11.5. The molecule has 1 aromatic heterocycles. The van der Waals surface area contributed by atoms with Crippen molar-refractivity contribution in [3.8, 4) is 5.88 Å². The second kappa shape index (κ2) is 6.56. The van der Waals surface area contributed by atoms with Gasteiger partial charge in [-0.1, -0.05) is 0 Å². The summed E-state index contributed by atoms with van der Waals surface area (Å²) >= 11 is 0. The summed E-state index contributed by atoms with van der Waals surface area (Å²) in [5, 5.41) is 7.06. The van der Waals surface area contributed by atoms with Gasteiger partial charge in [-0.25, -0.2) is 4.68 Å². The van der Waals surface area contributed by atoms with Crippen LogP contribution >= 0.6 is 0 Å². The zero-order valence-corrected chi connectivity index (χ0v) is 11.5. The number of nitrogens with one attached hydrogen (secondary N) is 1. The van der Waals surface area contributed by atoms with E-state index in [0.717, 1.165) is 19.4 Å². The maximum Gasteiger partial charge on any atom is 0.271 e. The van der Waals surface area contributed by atoms with Crippen molar-refractivity contribution in [2.45, 2.75) is 39.3 Å². The molecule has 0 atom stereocenters. The molecule has 1 N–H and O–H groups in total. The molecule has 0 saturated heterocycles. The molecule has 106 valence electrons. The van der Waals surface area contributed by atoms with Crippen molar-refractivity contribution in [2.75, 3.05) is 19.8 Å². The number of fused-ring (bicyclic) bond motifs is 1. The molecule has 0 saturated carbocycles. The number of ether oxygens (including phenoxy) is 2. The summed E-state index contributed by atoms with van der Waals surface area (Å²) in [6.45, 7) is 6.74. The summed E-state index contributed by atoms with van der Waals surface area (Å²) in [5.74, 6) is 0.523. The second-order valence-corrected chi connectivity index (χ2v) is 4.82. The van der Waals surface area contributed by atoms with Crippen LogP contribution in [0, 0.1) is 0 Å². The Labute approximate surface area is 113 Å². The third-order valence-electron chi connectivity index (χ3n) is 2.80. The van der Waals surface area contributed by atoms with Gasteiger partial charge in [0.25, 0.3) is 5.91 Å². The minimum absolute atomic E-state index is 0.157. The summed E-state index contributed by atoms with van der Waals surface area (Å²) in [6, 6.07) is 1.69. The van der Waals surface area contributed by atoms with Crippen molar-refractivity contribution in [3.63, 3.8) is 0 Å². The first kappa shape index (κ1) is 13.9. The molecule has 0 aliphatic carbocycles. The average Bonchev–Trinajstić information content (AvgIpc) is 2.81. The average molecular weight is 267 g/mol. The van der Waals surface area contributed by atoms with E-state index in [9.17, 15) is 4.79 Å². The summed E-state index contributed by atoms with van der Waals surface area (Å²) in [6.07, 6.45) is 1.96. The summed E-state index contributed by atoms with van der Waals surface area (Å²) in [5.41, 5.74) is 0.418. The molecule has 0 aromatic carbocycles. The van der Waals surface area contributed by atoms with E-state index in [1.165, 1.54) is 0 Å². The first-order chi connectivity index (χ1) is 9.16. The van der Waals surface area contributed by atoms with Crippen LogP contribution in [0.4, 0.5) is 0 Å². The van der Waals surface area contributed by atoms with Gasteiger partial charge in [-0.3, -0.25) is 4.79 Å². The standard InChI is InChI=1S/C13H21N3O3/c1-10(2)18-7-3-5-14-13(17)11-9-12-16(15-11)6-4-8-19-12/h9-10H,3-8H2,1-2H3,(H,14,17). The maximum absolute atomic E-state index is 11.9. The first-order valence-corrected chi connectivity index (χ1v) is 6.77. The van der Waals surface area contributed by atoms with Crippen molar-refractivity contribution in [1.29, 1.82) is 0 Å². The van der Waals surface area contributed by atoms with E-state index in [1.54, 1.807) is 10.7 Å². The Balaban J connectivity index is 1.75. The zero-order chi connectivity index (χ0) is 13.7. The van der Waals surface area contributed by atoms with Crippen LogP contribution in [0.3, 0.4) is 0 Å². The van der Waals surface area contributed by atoms with Gasteiger partial charge in [0.1, 0.15) is 0 Å². The quantitative estimate of drug-likeness (QED) is 0.787. The van der Waals surface area contributed by atoms with E-state index in [2.05, 4.69) is 10.4 Å². The Hall–Kier alpha value is -1.56.